The van der Waals surface area contributed by atoms with Crippen LogP contribution in [0.1, 0.15) is 142 Å². The molecule has 0 saturated carbocycles. The Morgan fingerprint density at radius 3 is 1.50 bits per heavy atom. The molecule has 0 atom stereocenters. The second-order valence-corrected chi connectivity index (χ2v) is 12.4. The highest BCUT2D eigenvalue weighted by Gasteiger charge is 2.37. The third-order valence-electron chi connectivity index (χ3n) is 6.80. The first-order valence-electron chi connectivity index (χ1n) is 14.3. The van der Waals surface area contributed by atoms with Gasteiger partial charge in [-0.3, -0.25) is 0 Å². The van der Waals surface area contributed by atoms with Crippen molar-refractivity contribution in [1.29, 1.82) is 0 Å². The molecule has 1 rings (SSSR count). The summed E-state index contributed by atoms with van der Waals surface area (Å²) in [5.41, 5.74) is 1.79. The number of hydrogen-bond acceptors (Lipinski definition) is 3. The zero-order valence-electron chi connectivity index (χ0n) is 23.8. The first kappa shape index (κ1) is 32.4. The fourth-order valence-electron chi connectivity index (χ4n) is 4.65. The Labute approximate surface area is 221 Å². The first-order chi connectivity index (χ1) is 17.1. The maximum absolute atomic E-state index is 14.0. The summed E-state index contributed by atoms with van der Waals surface area (Å²) in [6.45, 7) is 13.0. The molecule has 0 aliphatic carbocycles. The zero-order chi connectivity index (χ0) is 27.1. The lowest BCUT2D eigenvalue weighted by Gasteiger charge is -2.32. The highest BCUT2D eigenvalue weighted by atomic mass is 32.2. The molecule has 1 amide bonds. The number of benzene rings is 1. The molecule has 0 fully saturated rings. The van der Waals surface area contributed by atoms with Gasteiger partial charge in [0.1, 0.15) is 0 Å². The molecule has 0 bridgehead atoms. The number of nitrogens with zero attached hydrogens (tertiary/aromatic N) is 2. The van der Waals surface area contributed by atoms with E-state index in [-0.39, 0.29) is 11.8 Å². The summed E-state index contributed by atoms with van der Waals surface area (Å²) in [6.07, 6.45) is 11.1. The Balaban J connectivity index is 3.29. The Morgan fingerprint density at radius 2 is 1.14 bits per heavy atom. The minimum Gasteiger partial charge on any atom is -0.464 e. The molecular weight excluding hydrogens is 472 g/mol. The SMILES string of the molecule is CCCCCCCCN(CCCCCCCC)S(=O)(=O)N(C(=O)O)c1c(C(C)C)cccc1C(C)C. The quantitative estimate of drug-likeness (QED) is 0.184. The number of carboxylic acid groups (broad SMARTS) is 1. The van der Waals surface area contributed by atoms with Crippen molar-refractivity contribution in [1.82, 2.24) is 4.31 Å². The van der Waals surface area contributed by atoms with Crippen molar-refractivity contribution < 1.29 is 18.3 Å². The minimum absolute atomic E-state index is 0.0127. The van der Waals surface area contributed by atoms with Crippen molar-refractivity contribution in [2.24, 2.45) is 0 Å². The molecule has 0 radical (unpaired) electrons. The Hall–Kier alpha value is -1.60. The molecule has 208 valence electrons. The van der Waals surface area contributed by atoms with Crippen molar-refractivity contribution in [2.45, 2.75) is 130 Å². The normalized spacial score (nSPS) is 12.1. The maximum Gasteiger partial charge on any atom is 0.426 e. The van der Waals surface area contributed by atoms with Crippen LogP contribution in [0.5, 0.6) is 0 Å². The van der Waals surface area contributed by atoms with Gasteiger partial charge in [-0.25, -0.2) is 4.79 Å². The van der Waals surface area contributed by atoms with Crippen molar-refractivity contribution in [2.75, 3.05) is 17.4 Å². The van der Waals surface area contributed by atoms with E-state index in [4.69, 9.17) is 0 Å². The average Bonchev–Trinajstić information content (AvgIpc) is 2.81. The van der Waals surface area contributed by atoms with E-state index < -0.39 is 16.3 Å². The molecule has 0 spiro atoms. The molecule has 0 aromatic heterocycles. The van der Waals surface area contributed by atoms with Crippen molar-refractivity contribution >= 4 is 22.0 Å². The van der Waals surface area contributed by atoms with Gasteiger partial charge in [-0.1, -0.05) is 124 Å². The van der Waals surface area contributed by atoms with Gasteiger partial charge in [0, 0.05) is 13.1 Å². The topological polar surface area (TPSA) is 77.9 Å². The Bertz CT molecular complexity index is 826. The highest BCUT2D eigenvalue weighted by molar-refractivity contribution is 7.91. The summed E-state index contributed by atoms with van der Waals surface area (Å²) < 4.78 is 30.2. The molecule has 6 nitrogen and oxygen atoms in total. The van der Waals surface area contributed by atoms with Gasteiger partial charge in [0.15, 0.2) is 0 Å². The van der Waals surface area contributed by atoms with Gasteiger partial charge in [-0.05, 0) is 35.8 Å². The minimum atomic E-state index is -4.26. The lowest BCUT2D eigenvalue weighted by molar-refractivity contribution is 0.205. The zero-order valence-corrected chi connectivity index (χ0v) is 24.6. The summed E-state index contributed by atoms with van der Waals surface area (Å²) in [5.74, 6) is -0.0253. The summed E-state index contributed by atoms with van der Waals surface area (Å²) >= 11 is 0. The molecule has 0 aliphatic rings. The summed E-state index contributed by atoms with van der Waals surface area (Å²) in [7, 11) is -4.26. The molecule has 0 heterocycles. The van der Waals surface area contributed by atoms with Crippen LogP contribution in [0.4, 0.5) is 10.5 Å². The second-order valence-electron chi connectivity index (χ2n) is 10.6. The predicted octanol–water partition coefficient (Wildman–Crippen LogP) is 8.69. The van der Waals surface area contributed by atoms with Crippen LogP contribution in [0.3, 0.4) is 0 Å². The van der Waals surface area contributed by atoms with Crippen LogP contribution >= 0.6 is 0 Å². The van der Waals surface area contributed by atoms with Crippen LogP contribution in [0.2, 0.25) is 0 Å². The largest absolute Gasteiger partial charge is 0.464 e. The standard InChI is InChI=1S/C29H52N2O4S/c1-7-9-11-13-15-17-22-30(23-18-16-14-12-10-8-2)36(34,35)31(29(32)33)28-26(24(3)4)20-19-21-27(28)25(5)6/h19-21,24-25H,7-18,22-23H2,1-6H3,(H,32,33). The fraction of sp³-hybridized carbons (Fsp3) is 0.759. The van der Waals surface area contributed by atoms with Crippen molar-refractivity contribution in [3.8, 4) is 0 Å². The van der Waals surface area contributed by atoms with Gasteiger partial charge >= 0.3 is 16.3 Å². The van der Waals surface area contributed by atoms with Gasteiger partial charge in [0.2, 0.25) is 0 Å². The number of carbonyl (C=O) groups is 1. The predicted molar refractivity (Wildman–Crippen MR) is 152 cm³/mol. The van der Waals surface area contributed by atoms with E-state index >= 15 is 0 Å². The van der Waals surface area contributed by atoms with Gasteiger partial charge in [-0.15, -0.1) is 0 Å². The number of amides is 1. The number of unbranched alkanes of at least 4 members (excludes halogenated alkanes) is 10. The Kier molecular flexibility index (Phi) is 15.3. The smallest absolute Gasteiger partial charge is 0.426 e. The lowest BCUT2D eigenvalue weighted by atomic mass is 9.93. The summed E-state index contributed by atoms with van der Waals surface area (Å²) in [5, 5.41) is 10.3. The van der Waals surface area contributed by atoms with Crippen LogP contribution in [-0.2, 0) is 10.2 Å². The van der Waals surface area contributed by atoms with Crippen molar-refractivity contribution in [3.63, 3.8) is 0 Å². The van der Waals surface area contributed by atoms with Crippen LogP contribution in [0, 0.1) is 0 Å². The second kappa shape index (κ2) is 17.0. The van der Waals surface area contributed by atoms with E-state index in [1.54, 1.807) is 0 Å². The molecule has 0 saturated heterocycles. The monoisotopic (exact) mass is 524 g/mol. The van der Waals surface area contributed by atoms with Gasteiger partial charge < -0.3 is 5.11 Å². The molecule has 0 unspecified atom stereocenters. The third-order valence-corrected chi connectivity index (χ3v) is 8.62. The number of rotatable bonds is 19. The average molecular weight is 525 g/mol. The highest BCUT2D eigenvalue weighted by Crippen LogP contribution is 2.37. The molecule has 36 heavy (non-hydrogen) atoms. The van der Waals surface area contributed by atoms with Gasteiger partial charge in [0.25, 0.3) is 0 Å². The van der Waals surface area contributed by atoms with Crippen molar-refractivity contribution in [3.05, 3.63) is 29.3 Å². The molecule has 1 N–H and O–H groups in total. The van der Waals surface area contributed by atoms with Gasteiger partial charge in [0.05, 0.1) is 5.69 Å². The number of anilines is 1. The van der Waals surface area contributed by atoms with E-state index in [2.05, 4.69) is 13.8 Å². The van der Waals surface area contributed by atoms with Crippen LogP contribution in [0.25, 0.3) is 0 Å². The molecule has 1 aromatic rings. The Morgan fingerprint density at radius 1 is 0.750 bits per heavy atom. The first-order valence-corrected chi connectivity index (χ1v) is 15.6. The van der Waals surface area contributed by atoms with E-state index in [1.165, 1.54) is 30.0 Å². The van der Waals surface area contributed by atoms with E-state index in [0.717, 1.165) is 62.5 Å². The maximum atomic E-state index is 14.0. The molecular formula is C29H52N2O4S. The molecule has 7 heteroatoms. The third kappa shape index (κ3) is 10.0. The molecule has 0 aliphatic heterocycles. The summed E-state index contributed by atoms with van der Waals surface area (Å²) in [6, 6.07) is 5.59. The number of hydrogen-bond donors (Lipinski definition) is 1. The van der Waals surface area contributed by atoms with Crippen LogP contribution in [0.15, 0.2) is 18.2 Å². The molecule has 1 aromatic carbocycles. The van der Waals surface area contributed by atoms with Crippen LogP contribution in [-0.4, -0.2) is 37.0 Å². The van der Waals surface area contributed by atoms with Gasteiger partial charge in [-0.2, -0.15) is 17.0 Å². The van der Waals surface area contributed by atoms with E-state index in [9.17, 15) is 18.3 Å². The van der Waals surface area contributed by atoms with E-state index in [0.29, 0.717) is 23.1 Å². The van der Waals surface area contributed by atoms with Crippen LogP contribution < -0.4 is 4.31 Å². The summed E-state index contributed by atoms with van der Waals surface area (Å²) in [4.78, 5) is 12.6. The lowest BCUT2D eigenvalue weighted by Crippen LogP contribution is -2.48. The number of para-hydroxylation sites is 1. The fourth-order valence-corrected chi connectivity index (χ4v) is 6.24. The van der Waals surface area contributed by atoms with E-state index in [1.807, 2.05) is 45.9 Å².